The molecule has 3 rings (SSSR count). The summed E-state index contributed by atoms with van der Waals surface area (Å²) in [4.78, 5) is 42.2. The first-order valence-corrected chi connectivity index (χ1v) is 7.46. The van der Waals surface area contributed by atoms with Gasteiger partial charge in [0.2, 0.25) is 0 Å². The second kappa shape index (κ2) is 6.12. The Morgan fingerprint density at radius 1 is 1.04 bits per heavy atom. The Morgan fingerprint density at radius 2 is 1.70 bits per heavy atom. The predicted molar refractivity (Wildman–Crippen MR) is 86.9 cm³/mol. The van der Waals surface area contributed by atoms with E-state index in [1.165, 1.54) is 13.1 Å². The average Bonchev–Trinajstić information content (AvgIpc) is 2.59. The topological polar surface area (TPSA) is 78.4 Å². The number of hydrogen-bond acceptors (Lipinski definition) is 4. The zero-order valence-electron chi connectivity index (χ0n) is 12.9. The fourth-order valence-corrected chi connectivity index (χ4v) is 2.63. The van der Waals surface area contributed by atoms with Crippen LogP contribution in [0.3, 0.4) is 0 Å². The molecule has 120 valence electrons. The Bertz CT molecular complexity index is 786. The van der Waals surface area contributed by atoms with Crippen molar-refractivity contribution in [3.63, 3.8) is 0 Å². The zero-order valence-corrected chi connectivity index (χ0v) is 12.9. The maximum absolute atomic E-state index is 12.4. The first-order valence-electron chi connectivity index (χ1n) is 7.46. The highest BCUT2D eigenvalue weighted by atomic mass is 16.2. The van der Waals surface area contributed by atoms with E-state index in [0.717, 1.165) is 4.57 Å². The first-order chi connectivity index (χ1) is 11.1. The number of benzene rings is 1. The standard InChI is InChI=1S/C16H18N4O3/c1-18-14(21)11-13(17-16(18)23)19-7-9-20(10-8-19)15(22)12-5-3-2-4-6-12/h2-6,11H,7-10H2,1H3,(H,17,23). The number of carbonyl (C=O) groups is 1. The van der Waals surface area contributed by atoms with Gasteiger partial charge in [-0.1, -0.05) is 18.2 Å². The molecule has 0 saturated carbocycles. The molecule has 0 aliphatic carbocycles. The summed E-state index contributed by atoms with van der Waals surface area (Å²) in [6, 6.07) is 10.6. The third kappa shape index (κ3) is 3.03. The molecule has 1 saturated heterocycles. The van der Waals surface area contributed by atoms with Gasteiger partial charge in [-0.3, -0.25) is 19.1 Å². The van der Waals surface area contributed by atoms with E-state index in [4.69, 9.17) is 0 Å². The maximum atomic E-state index is 12.4. The molecule has 0 bridgehead atoms. The van der Waals surface area contributed by atoms with Gasteiger partial charge in [0.25, 0.3) is 11.5 Å². The van der Waals surface area contributed by atoms with Gasteiger partial charge in [0.1, 0.15) is 5.82 Å². The molecule has 1 aliphatic heterocycles. The van der Waals surface area contributed by atoms with Gasteiger partial charge < -0.3 is 9.80 Å². The van der Waals surface area contributed by atoms with Crippen molar-refractivity contribution >= 4 is 11.7 Å². The van der Waals surface area contributed by atoms with E-state index in [1.54, 1.807) is 17.0 Å². The number of carbonyl (C=O) groups excluding carboxylic acids is 1. The van der Waals surface area contributed by atoms with Crippen molar-refractivity contribution in [1.82, 2.24) is 14.5 Å². The summed E-state index contributed by atoms with van der Waals surface area (Å²) in [5, 5.41) is 0. The number of nitrogens with zero attached hydrogens (tertiary/aromatic N) is 3. The number of amides is 1. The van der Waals surface area contributed by atoms with Crippen LogP contribution in [0.1, 0.15) is 10.4 Å². The average molecular weight is 314 g/mol. The van der Waals surface area contributed by atoms with E-state index in [-0.39, 0.29) is 11.5 Å². The molecule has 2 heterocycles. The third-order valence-corrected chi connectivity index (χ3v) is 4.06. The van der Waals surface area contributed by atoms with Crippen molar-refractivity contribution in [3.05, 3.63) is 62.8 Å². The van der Waals surface area contributed by atoms with Crippen LogP contribution in [-0.4, -0.2) is 46.5 Å². The summed E-state index contributed by atoms with van der Waals surface area (Å²) in [7, 11) is 1.43. The van der Waals surface area contributed by atoms with Crippen LogP contribution in [0.2, 0.25) is 0 Å². The van der Waals surface area contributed by atoms with Crippen LogP contribution in [0.25, 0.3) is 0 Å². The van der Waals surface area contributed by atoms with Crippen molar-refractivity contribution in [1.29, 1.82) is 0 Å². The van der Waals surface area contributed by atoms with Crippen LogP contribution in [0.5, 0.6) is 0 Å². The highest BCUT2D eigenvalue weighted by Crippen LogP contribution is 2.12. The van der Waals surface area contributed by atoms with Gasteiger partial charge in [0.05, 0.1) is 0 Å². The number of H-pyrrole nitrogens is 1. The molecule has 1 amide bonds. The SMILES string of the molecule is Cn1c(=O)cc(N2CCN(C(=O)c3ccccc3)CC2)[nH]c1=O. The summed E-state index contributed by atoms with van der Waals surface area (Å²) >= 11 is 0. The maximum Gasteiger partial charge on any atom is 0.329 e. The van der Waals surface area contributed by atoms with Crippen molar-refractivity contribution in [2.24, 2.45) is 7.05 Å². The Labute approximate surface area is 132 Å². The van der Waals surface area contributed by atoms with E-state index < -0.39 is 5.69 Å². The molecule has 0 spiro atoms. The lowest BCUT2D eigenvalue weighted by atomic mass is 10.2. The van der Waals surface area contributed by atoms with Crippen molar-refractivity contribution < 1.29 is 4.79 Å². The first kappa shape index (κ1) is 15.1. The number of nitrogens with one attached hydrogen (secondary N) is 1. The number of aromatic amines is 1. The smallest absolute Gasteiger partial charge is 0.329 e. The van der Waals surface area contributed by atoms with Gasteiger partial charge in [-0.05, 0) is 12.1 Å². The molecule has 1 aromatic carbocycles. The lowest BCUT2D eigenvalue weighted by Crippen LogP contribution is -2.50. The van der Waals surface area contributed by atoms with E-state index in [0.29, 0.717) is 37.6 Å². The molecular formula is C16H18N4O3. The van der Waals surface area contributed by atoms with Gasteiger partial charge in [0, 0.05) is 44.9 Å². The van der Waals surface area contributed by atoms with Crippen molar-refractivity contribution in [2.75, 3.05) is 31.1 Å². The van der Waals surface area contributed by atoms with E-state index in [2.05, 4.69) is 4.98 Å². The van der Waals surface area contributed by atoms with Crippen LogP contribution in [0, 0.1) is 0 Å². The molecule has 0 atom stereocenters. The minimum atomic E-state index is -0.435. The van der Waals surface area contributed by atoms with Gasteiger partial charge in [-0.25, -0.2) is 4.79 Å². The summed E-state index contributed by atoms with van der Waals surface area (Å²) < 4.78 is 1.03. The summed E-state index contributed by atoms with van der Waals surface area (Å²) in [6.45, 7) is 2.24. The Hall–Kier alpha value is -2.83. The van der Waals surface area contributed by atoms with E-state index in [9.17, 15) is 14.4 Å². The fourth-order valence-electron chi connectivity index (χ4n) is 2.63. The van der Waals surface area contributed by atoms with Crippen LogP contribution in [0.4, 0.5) is 5.82 Å². The normalized spacial score (nSPS) is 14.8. The van der Waals surface area contributed by atoms with Crippen molar-refractivity contribution in [3.8, 4) is 0 Å². The fraction of sp³-hybridized carbons (Fsp3) is 0.312. The molecule has 1 aliphatic rings. The van der Waals surface area contributed by atoms with Gasteiger partial charge >= 0.3 is 5.69 Å². The van der Waals surface area contributed by atoms with Gasteiger partial charge in [-0.2, -0.15) is 0 Å². The minimum Gasteiger partial charge on any atom is -0.354 e. The number of piperazine rings is 1. The molecule has 1 aromatic heterocycles. The molecule has 7 heteroatoms. The van der Waals surface area contributed by atoms with Crippen molar-refractivity contribution in [2.45, 2.75) is 0 Å². The second-order valence-electron chi connectivity index (χ2n) is 5.50. The van der Waals surface area contributed by atoms with Gasteiger partial charge in [0.15, 0.2) is 0 Å². The summed E-state index contributed by atoms with van der Waals surface area (Å²) in [5.74, 6) is 0.507. The largest absolute Gasteiger partial charge is 0.354 e. The lowest BCUT2D eigenvalue weighted by molar-refractivity contribution is 0.0746. The molecule has 0 unspecified atom stereocenters. The number of anilines is 1. The van der Waals surface area contributed by atoms with Crippen LogP contribution in [-0.2, 0) is 7.05 Å². The highest BCUT2D eigenvalue weighted by molar-refractivity contribution is 5.94. The molecule has 1 fully saturated rings. The number of aromatic nitrogens is 2. The van der Waals surface area contributed by atoms with Gasteiger partial charge in [-0.15, -0.1) is 0 Å². The van der Waals surface area contributed by atoms with E-state index >= 15 is 0 Å². The molecule has 7 nitrogen and oxygen atoms in total. The molecular weight excluding hydrogens is 296 g/mol. The summed E-state index contributed by atoms with van der Waals surface area (Å²) in [5.41, 5.74) is -0.107. The Kier molecular flexibility index (Phi) is 4.01. The molecule has 1 N–H and O–H groups in total. The van der Waals surface area contributed by atoms with Crippen LogP contribution in [0.15, 0.2) is 46.0 Å². The van der Waals surface area contributed by atoms with E-state index in [1.807, 2.05) is 23.1 Å². The van der Waals surface area contributed by atoms with Crippen LogP contribution >= 0.6 is 0 Å². The lowest BCUT2D eigenvalue weighted by Gasteiger charge is -2.35. The molecule has 2 aromatic rings. The Morgan fingerprint density at radius 3 is 2.30 bits per heavy atom. The quantitative estimate of drug-likeness (QED) is 0.849. The number of hydrogen-bond donors (Lipinski definition) is 1. The Balaban J connectivity index is 1.70. The predicted octanol–water partition coefficient (Wildman–Crippen LogP) is 0.0360. The summed E-state index contributed by atoms with van der Waals surface area (Å²) in [6.07, 6.45) is 0. The monoisotopic (exact) mass is 314 g/mol. The van der Waals surface area contributed by atoms with Crippen LogP contribution < -0.4 is 16.1 Å². The highest BCUT2D eigenvalue weighted by Gasteiger charge is 2.22. The number of rotatable bonds is 2. The molecule has 23 heavy (non-hydrogen) atoms. The third-order valence-electron chi connectivity index (χ3n) is 4.06. The zero-order chi connectivity index (χ0) is 16.4. The second-order valence-corrected chi connectivity index (χ2v) is 5.50. The molecule has 0 radical (unpaired) electrons. The minimum absolute atomic E-state index is 0.00252.